The smallest absolute Gasteiger partial charge is 0.306 e. The van der Waals surface area contributed by atoms with Crippen molar-refractivity contribution < 1.29 is 49.0 Å². The van der Waals surface area contributed by atoms with Crippen LogP contribution in [0.25, 0.3) is 0 Å². The predicted molar refractivity (Wildman–Crippen MR) is 229 cm³/mol. The van der Waals surface area contributed by atoms with Crippen molar-refractivity contribution in [1.29, 1.82) is 0 Å². The summed E-state index contributed by atoms with van der Waals surface area (Å²) in [4.78, 5) is 25.3. The maximum absolute atomic E-state index is 12.8. The number of rotatable bonds is 37. The number of unbranched alkanes of at least 4 members (excludes halogenated alkanes) is 18. The molecule has 1 saturated heterocycles. The van der Waals surface area contributed by atoms with Gasteiger partial charge in [0.1, 0.15) is 31.0 Å². The van der Waals surface area contributed by atoms with E-state index in [1.165, 1.54) is 70.6 Å². The summed E-state index contributed by atoms with van der Waals surface area (Å²) >= 11 is 0. The second-order valence-electron chi connectivity index (χ2n) is 15.5. The van der Waals surface area contributed by atoms with Crippen molar-refractivity contribution in [1.82, 2.24) is 0 Å². The molecule has 1 heterocycles. The van der Waals surface area contributed by atoms with Gasteiger partial charge in [-0.25, -0.2) is 0 Å². The third-order valence-electron chi connectivity index (χ3n) is 10.2. The number of aliphatic hydroxyl groups is 4. The molecule has 2 unspecified atom stereocenters. The third-order valence-corrected chi connectivity index (χ3v) is 10.2. The SMILES string of the molecule is CCCCC/C=C/C/C=C/CCCCCCCCCC(=O)O[C@H](COC(=O)CCCCCCC/C=C/C/C=C/CCCCC)CO[C@@H]1O[C@H](CO)[C@H](O)C(O)C1O. The van der Waals surface area contributed by atoms with Crippen LogP contribution in [-0.2, 0) is 28.5 Å². The molecule has 57 heavy (non-hydrogen) atoms. The molecule has 1 aliphatic rings. The van der Waals surface area contributed by atoms with Gasteiger partial charge in [0.15, 0.2) is 12.4 Å². The highest BCUT2D eigenvalue weighted by molar-refractivity contribution is 5.70. The molecule has 0 aromatic carbocycles. The van der Waals surface area contributed by atoms with Crippen LogP contribution in [0.15, 0.2) is 48.6 Å². The van der Waals surface area contributed by atoms with E-state index in [0.29, 0.717) is 12.8 Å². The normalized spacial score (nSPS) is 20.7. The molecule has 330 valence electrons. The van der Waals surface area contributed by atoms with Crippen molar-refractivity contribution >= 4 is 11.9 Å². The van der Waals surface area contributed by atoms with Gasteiger partial charge in [-0.2, -0.15) is 0 Å². The number of aliphatic hydroxyl groups excluding tert-OH is 4. The topological polar surface area (TPSA) is 152 Å². The van der Waals surface area contributed by atoms with Crippen molar-refractivity contribution in [3.8, 4) is 0 Å². The Morgan fingerprint density at radius 3 is 1.46 bits per heavy atom. The fraction of sp³-hybridized carbons (Fsp3) is 0.787. The van der Waals surface area contributed by atoms with Crippen molar-refractivity contribution in [2.75, 3.05) is 19.8 Å². The lowest BCUT2D eigenvalue weighted by atomic mass is 9.99. The van der Waals surface area contributed by atoms with Crippen LogP contribution in [0.3, 0.4) is 0 Å². The fourth-order valence-electron chi connectivity index (χ4n) is 6.54. The highest BCUT2D eigenvalue weighted by Gasteiger charge is 2.44. The van der Waals surface area contributed by atoms with Crippen molar-refractivity contribution in [3.63, 3.8) is 0 Å². The summed E-state index contributed by atoms with van der Waals surface area (Å²) in [5.74, 6) is -0.833. The summed E-state index contributed by atoms with van der Waals surface area (Å²) in [5, 5.41) is 40.1. The Balaban J connectivity index is 2.35. The van der Waals surface area contributed by atoms with Gasteiger partial charge < -0.3 is 39.4 Å². The van der Waals surface area contributed by atoms with E-state index in [4.69, 9.17) is 18.9 Å². The molecule has 0 aromatic heterocycles. The molecule has 4 N–H and O–H groups in total. The largest absolute Gasteiger partial charge is 0.462 e. The van der Waals surface area contributed by atoms with Crippen molar-refractivity contribution in [2.24, 2.45) is 0 Å². The molecule has 1 rings (SSSR count). The molecule has 0 saturated carbocycles. The summed E-state index contributed by atoms with van der Waals surface area (Å²) < 4.78 is 22.1. The Morgan fingerprint density at radius 2 is 0.982 bits per heavy atom. The summed E-state index contributed by atoms with van der Waals surface area (Å²) in [6, 6.07) is 0. The van der Waals surface area contributed by atoms with E-state index in [-0.39, 0.29) is 26.1 Å². The van der Waals surface area contributed by atoms with Crippen LogP contribution in [0.5, 0.6) is 0 Å². The molecule has 10 nitrogen and oxygen atoms in total. The van der Waals surface area contributed by atoms with E-state index in [9.17, 15) is 30.0 Å². The Morgan fingerprint density at radius 1 is 0.544 bits per heavy atom. The van der Waals surface area contributed by atoms with E-state index >= 15 is 0 Å². The highest BCUT2D eigenvalue weighted by Crippen LogP contribution is 2.22. The lowest BCUT2D eigenvalue weighted by Gasteiger charge is -2.39. The first-order chi connectivity index (χ1) is 27.8. The highest BCUT2D eigenvalue weighted by atomic mass is 16.7. The number of ether oxygens (including phenoxy) is 4. The van der Waals surface area contributed by atoms with Gasteiger partial charge in [0.05, 0.1) is 13.2 Å². The first-order valence-corrected chi connectivity index (χ1v) is 22.7. The number of allylic oxidation sites excluding steroid dienone is 8. The average molecular weight is 807 g/mol. The molecular formula is C47H82O10. The van der Waals surface area contributed by atoms with Crippen LogP contribution in [-0.4, -0.2) is 89.0 Å². The Hall–Kier alpha value is -2.34. The minimum Gasteiger partial charge on any atom is -0.462 e. The zero-order valence-electron chi connectivity index (χ0n) is 35.8. The quantitative estimate of drug-likeness (QED) is 0.0271. The Kier molecular flexibility index (Phi) is 35.0. The zero-order valence-corrected chi connectivity index (χ0v) is 35.8. The first-order valence-electron chi connectivity index (χ1n) is 22.7. The lowest BCUT2D eigenvalue weighted by Crippen LogP contribution is -2.59. The Labute approximate surface area is 346 Å². The standard InChI is InChI=1S/C47H82O10/c1-3-5-7-9-11-13-15-17-19-20-22-24-26-28-30-32-34-36-43(50)56-40(39-55-47-46(53)45(52)44(51)41(37-48)57-47)38-54-42(49)35-33-31-29-27-25-23-21-18-16-14-12-10-8-6-4-2/h11-14,17-19,21,40-41,44-48,51-53H,3-10,15-16,20,22-39H2,1-2H3/b13-11+,14-12+,19-17+,21-18+/t40-,41-,44+,45?,46?,47-/m1/s1. The maximum atomic E-state index is 12.8. The number of hydrogen-bond donors (Lipinski definition) is 4. The molecule has 0 amide bonds. The second kappa shape index (κ2) is 37.9. The summed E-state index contributed by atoms with van der Waals surface area (Å²) in [5.41, 5.74) is 0. The number of carbonyl (C=O) groups is 2. The predicted octanol–water partition coefficient (Wildman–Crippen LogP) is 9.67. The van der Waals surface area contributed by atoms with E-state index < -0.39 is 55.4 Å². The molecule has 6 atom stereocenters. The van der Waals surface area contributed by atoms with E-state index in [0.717, 1.165) is 70.6 Å². The summed E-state index contributed by atoms with van der Waals surface area (Å²) in [6.07, 6.45) is 36.8. The number of carbonyl (C=O) groups excluding carboxylic acids is 2. The first kappa shape index (κ1) is 52.7. The van der Waals surface area contributed by atoms with Gasteiger partial charge in [-0.3, -0.25) is 9.59 Å². The van der Waals surface area contributed by atoms with Gasteiger partial charge in [0.2, 0.25) is 0 Å². The number of hydrogen-bond acceptors (Lipinski definition) is 10. The van der Waals surface area contributed by atoms with Crippen LogP contribution >= 0.6 is 0 Å². The minimum atomic E-state index is -1.60. The lowest BCUT2D eigenvalue weighted by molar-refractivity contribution is -0.305. The molecule has 1 fully saturated rings. The molecule has 0 aliphatic carbocycles. The van der Waals surface area contributed by atoms with Crippen LogP contribution in [0.4, 0.5) is 0 Å². The van der Waals surface area contributed by atoms with E-state index in [1.807, 2.05) is 0 Å². The van der Waals surface area contributed by atoms with Crippen LogP contribution < -0.4 is 0 Å². The zero-order chi connectivity index (χ0) is 41.6. The summed E-state index contributed by atoms with van der Waals surface area (Å²) in [7, 11) is 0. The maximum Gasteiger partial charge on any atom is 0.306 e. The molecule has 0 radical (unpaired) electrons. The molecule has 10 heteroatoms. The van der Waals surface area contributed by atoms with Gasteiger partial charge in [-0.15, -0.1) is 0 Å². The minimum absolute atomic E-state index is 0.217. The summed E-state index contributed by atoms with van der Waals surface area (Å²) in [6.45, 7) is 3.34. The molecule has 0 aromatic rings. The molecule has 1 aliphatic heterocycles. The third kappa shape index (κ3) is 29.5. The second-order valence-corrected chi connectivity index (χ2v) is 15.5. The van der Waals surface area contributed by atoms with E-state index in [1.54, 1.807) is 0 Å². The molecule has 0 bridgehead atoms. The van der Waals surface area contributed by atoms with Crippen molar-refractivity contribution in [2.45, 2.75) is 218 Å². The van der Waals surface area contributed by atoms with Gasteiger partial charge in [-0.05, 0) is 77.0 Å². The monoisotopic (exact) mass is 807 g/mol. The number of esters is 2. The average Bonchev–Trinajstić information content (AvgIpc) is 3.21. The van der Waals surface area contributed by atoms with Crippen LogP contribution in [0, 0.1) is 0 Å². The van der Waals surface area contributed by atoms with E-state index in [2.05, 4.69) is 62.5 Å². The van der Waals surface area contributed by atoms with Gasteiger partial charge in [0.25, 0.3) is 0 Å². The van der Waals surface area contributed by atoms with Gasteiger partial charge in [0, 0.05) is 12.8 Å². The van der Waals surface area contributed by atoms with Gasteiger partial charge in [-0.1, -0.05) is 140 Å². The molecular weight excluding hydrogens is 725 g/mol. The van der Waals surface area contributed by atoms with Crippen molar-refractivity contribution in [3.05, 3.63) is 48.6 Å². The van der Waals surface area contributed by atoms with Crippen LogP contribution in [0.1, 0.15) is 181 Å². The van der Waals surface area contributed by atoms with Gasteiger partial charge >= 0.3 is 11.9 Å². The fourth-order valence-corrected chi connectivity index (χ4v) is 6.54. The van der Waals surface area contributed by atoms with Crippen LogP contribution in [0.2, 0.25) is 0 Å². The molecule has 0 spiro atoms. The Bertz CT molecular complexity index is 1070.